The van der Waals surface area contributed by atoms with Crippen molar-refractivity contribution in [2.24, 2.45) is 0 Å². The number of nitrogens with zero attached hydrogens (tertiary/aromatic N) is 1. The van der Waals surface area contributed by atoms with Gasteiger partial charge in [-0.15, -0.1) is 0 Å². The molecule has 0 unspecified atom stereocenters. The van der Waals surface area contributed by atoms with Crippen LogP contribution in [0.5, 0.6) is 5.75 Å². The number of rotatable bonds is 3. The van der Waals surface area contributed by atoms with E-state index in [2.05, 4.69) is 30.2 Å². The van der Waals surface area contributed by atoms with Crippen molar-refractivity contribution in [3.63, 3.8) is 0 Å². The van der Waals surface area contributed by atoms with Crippen molar-refractivity contribution in [1.82, 2.24) is 4.98 Å². The fourth-order valence-corrected chi connectivity index (χ4v) is 2.48. The lowest BCUT2D eigenvalue weighted by Crippen LogP contribution is -2.25. The Morgan fingerprint density at radius 2 is 2.15 bits per heavy atom. The van der Waals surface area contributed by atoms with E-state index in [1.165, 1.54) is 17.8 Å². The van der Waals surface area contributed by atoms with Crippen molar-refractivity contribution in [2.45, 2.75) is 32.4 Å². The van der Waals surface area contributed by atoms with E-state index < -0.39 is 0 Å². The summed E-state index contributed by atoms with van der Waals surface area (Å²) in [5, 5.41) is 3.19. The predicted octanol–water partition coefficient (Wildman–Crippen LogP) is 3.55. The van der Waals surface area contributed by atoms with Crippen LogP contribution in [0.3, 0.4) is 0 Å². The highest BCUT2D eigenvalue weighted by molar-refractivity contribution is 5.47. The molecule has 104 valence electrons. The minimum atomic E-state index is -0.332. The van der Waals surface area contributed by atoms with Crippen molar-refractivity contribution in [2.75, 3.05) is 5.32 Å². The number of anilines is 1. The van der Waals surface area contributed by atoms with Crippen LogP contribution in [0.2, 0.25) is 0 Å². The maximum atomic E-state index is 12.8. The first-order chi connectivity index (χ1) is 9.53. The molecule has 1 N–H and O–H groups in total. The Bertz CT molecular complexity index is 623. The standard InChI is InChI=1S/C16H17FN2O/c1-16(2)8-11-4-3-5-12(15(11)20-16)9-18-14-7-6-13(17)10-19-14/h3-7,10H,8-9H2,1-2H3,(H,18,19). The van der Waals surface area contributed by atoms with Crippen LogP contribution >= 0.6 is 0 Å². The van der Waals surface area contributed by atoms with Crippen LogP contribution in [-0.2, 0) is 13.0 Å². The van der Waals surface area contributed by atoms with Gasteiger partial charge < -0.3 is 10.1 Å². The second kappa shape index (κ2) is 4.78. The number of fused-ring (bicyclic) bond motifs is 1. The molecular weight excluding hydrogens is 255 g/mol. The highest BCUT2D eigenvalue weighted by Crippen LogP contribution is 2.37. The van der Waals surface area contributed by atoms with Gasteiger partial charge in [0.25, 0.3) is 0 Å². The van der Waals surface area contributed by atoms with E-state index in [9.17, 15) is 4.39 Å². The molecule has 0 amide bonds. The number of aromatic nitrogens is 1. The van der Waals surface area contributed by atoms with Crippen molar-refractivity contribution < 1.29 is 9.13 Å². The summed E-state index contributed by atoms with van der Waals surface area (Å²) in [5.41, 5.74) is 2.19. The molecule has 3 nitrogen and oxygen atoms in total. The van der Waals surface area contributed by atoms with Gasteiger partial charge in [0, 0.05) is 18.5 Å². The Labute approximate surface area is 117 Å². The number of halogens is 1. The molecule has 0 bridgehead atoms. The van der Waals surface area contributed by atoms with Crippen LogP contribution in [0, 0.1) is 5.82 Å². The molecule has 1 aromatic carbocycles. The predicted molar refractivity (Wildman–Crippen MR) is 76.4 cm³/mol. The van der Waals surface area contributed by atoms with Crippen LogP contribution in [0.25, 0.3) is 0 Å². The molecule has 1 aliphatic heterocycles. The van der Waals surface area contributed by atoms with Crippen LogP contribution in [0.15, 0.2) is 36.5 Å². The van der Waals surface area contributed by atoms with Gasteiger partial charge in [-0.25, -0.2) is 9.37 Å². The first kappa shape index (κ1) is 12.9. The number of ether oxygens (including phenoxy) is 1. The maximum absolute atomic E-state index is 12.8. The molecule has 3 rings (SSSR count). The second-order valence-corrected chi connectivity index (χ2v) is 5.66. The van der Waals surface area contributed by atoms with Crippen LogP contribution in [0.4, 0.5) is 10.2 Å². The topological polar surface area (TPSA) is 34.2 Å². The summed E-state index contributed by atoms with van der Waals surface area (Å²) in [4.78, 5) is 3.99. The molecule has 0 saturated carbocycles. The van der Waals surface area contributed by atoms with Crippen molar-refractivity contribution in [1.29, 1.82) is 0 Å². The molecule has 2 aromatic rings. The van der Waals surface area contributed by atoms with Crippen molar-refractivity contribution in [3.8, 4) is 5.75 Å². The third kappa shape index (κ3) is 2.59. The van der Waals surface area contributed by atoms with E-state index >= 15 is 0 Å². The number of benzene rings is 1. The van der Waals surface area contributed by atoms with E-state index in [0.29, 0.717) is 12.4 Å². The van der Waals surface area contributed by atoms with E-state index in [1.807, 2.05) is 12.1 Å². The normalized spacial score (nSPS) is 15.6. The summed E-state index contributed by atoms with van der Waals surface area (Å²) >= 11 is 0. The first-order valence-corrected chi connectivity index (χ1v) is 6.69. The molecule has 0 fully saturated rings. The number of pyridine rings is 1. The fraction of sp³-hybridized carbons (Fsp3) is 0.312. The van der Waals surface area contributed by atoms with Gasteiger partial charge in [0.15, 0.2) is 0 Å². The summed E-state index contributed by atoms with van der Waals surface area (Å²) in [6, 6.07) is 9.20. The van der Waals surface area contributed by atoms with E-state index in [1.54, 1.807) is 6.07 Å². The lowest BCUT2D eigenvalue weighted by atomic mass is 10.0. The Hall–Kier alpha value is -2.10. The van der Waals surface area contributed by atoms with Gasteiger partial charge in [-0.3, -0.25) is 0 Å². The molecule has 0 aliphatic carbocycles. The third-order valence-electron chi connectivity index (χ3n) is 3.36. The largest absolute Gasteiger partial charge is 0.487 e. The Morgan fingerprint density at radius 1 is 1.30 bits per heavy atom. The summed E-state index contributed by atoms with van der Waals surface area (Å²) in [5.74, 6) is 1.29. The van der Waals surface area contributed by atoms with E-state index in [4.69, 9.17) is 4.74 Å². The van der Waals surface area contributed by atoms with Crippen molar-refractivity contribution >= 4 is 5.82 Å². The van der Waals surface area contributed by atoms with Gasteiger partial charge in [0.05, 0.1) is 6.20 Å². The quantitative estimate of drug-likeness (QED) is 0.928. The summed E-state index contributed by atoms with van der Waals surface area (Å²) in [7, 11) is 0. The zero-order chi connectivity index (χ0) is 14.2. The first-order valence-electron chi connectivity index (χ1n) is 6.69. The molecule has 0 atom stereocenters. The molecule has 2 heterocycles. The maximum Gasteiger partial charge on any atom is 0.141 e. The minimum absolute atomic E-state index is 0.146. The van der Waals surface area contributed by atoms with Crippen LogP contribution < -0.4 is 10.1 Å². The molecule has 0 spiro atoms. The molecule has 20 heavy (non-hydrogen) atoms. The molecular formula is C16H17FN2O. The summed E-state index contributed by atoms with van der Waals surface area (Å²) in [6.07, 6.45) is 2.13. The third-order valence-corrected chi connectivity index (χ3v) is 3.36. The van der Waals surface area contributed by atoms with Crippen LogP contribution in [-0.4, -0.2) is 10.6 Å². The zero-order valence-corrected chi connectivity index (χ0v) is 11.6. The Balaban J connectivity index is 1.76. The van der Waals surface area contributed by atoms with Gasteiger partial charge >= 0.3 is 0 Å². The highest BCUT2D eigenvalue weighted by Gasteiger charge is 2.31. The molecule has 1 aromatic heterocycles. The lowest BCUT2D eigenvalue weighted by Gasteiger charge is -2.18. The number of para-hydroxylation sites is 1. The highest BCUT2D eigenvalue weighted by atomic mass is 19.1. The average Bonchev–Trinajstić information content (AvgIpc) is 2.72. The van der Waals surface area contributed by atoms with Gasteiger partial charge in [-0.2, -0.15) is 0 Å². The molecule has 1 aliphatic rings. The smallest absolute Gasteiger partial charge is 0.141 e. The van der Waals surface area contributed by atoms with Gasteiger partial charge in [0.1, 0.15) is 23.0 Å². The lowest BCUT2D eigenvalue weighted by molar-refractivity contribution is 0.137. The van der Waals surface area contributed by atoms with Gasteiger partial charge in [-0.1, -0.05) is 18.2 Å². The SMILES string of the molecule is CC1(C)Cc2cccc(CNc3ccc(F)cn3)c2O1. The van der Waals surface area contributed by atoms with Gasteiger partial charge in [0.2, 0.25) is 0 Å². The van der Waals surface area contributed by atoms with E-state index in [-0.39, 0.29) is 11.4 Å². The molecule has 4 heteroatoms. The Morgan fingerprint density at radius 3 is 2.90 bits per heavy atom. The molecule has 0 saturated heterocycles. The zero-order valence-electron chi connectivity index (χ0n) is 11.6. The van der Waals surface area contributed by atoms with Gasteiger partial charge in [-0.05, 0) is 31.5 Å². The number of hydrogen-bond acceptors (Lipinski definition) is 3. The summed E-state index contributed by atoms with van der Waals surface area (Å²) < 4.78 is 18.8. The van der Waals surface area contributed by atoms with Crippen molar-refractivity contribution in [3.05, 3.63) is 53.5 Å². The van der Waals surface area contributed by atoms with Crippen LogP contribution in [0.1, 0.15) is 25.0 Å². The molecule has 0 radical (unpaired) electrons. The average molecular weight is 272 g/mol. The minimum Gasteiger partial charge on any atom is -0.487 e. The Kier molecular flexibility index (Phi) is 3.08. The number of nitrogens with one attached hydrogen (secondary N) is 1. The monoisotopic (exact) mass is 272 g/mol. The number of hydrogen-bond donors (Lipinski definition) is 1. The summed E-state index contributed by atoms with van der Waals surface area (Å²) in [6.45, 7) is 4.79. The second-order valence-electron chi connectivity index (χ2n) is 5.66. The van der Waals surface area contributed by atoms with E-state index in [0.717, 1.165) is 17.7 Å². The fourth-order valence-electron chi connectivity index (χ4n) is 2.48.